The number of esters is 1. The van der Waals surface area contributed by atoms with Gasteiger partial charge in [0.25, 0.3) is 0 Å². The van der Waals surface area contributed by atoms with E-state index in [2.05, 4.69) is 10.1 Å². The van der Waals surface area contributed by atoms with Gasteiger partial charge in [-0.05, 0) is 24.1 Å². The number of hydrogen-bond acceptors (Lipinski definition) is 3. The van der Waals surface area contributed by atoms with Gasteiger partial charge >= 0.3 is 5.97 Å². The number of benzene rings is 1. The van der Waals surface area contributed by atoms with Crippen LogP contribution in [0.15, 0.2) is 12.1 Å². The minimum atomic E-state index is -1.21. The lowest BCUT2D eigenvalue weighted by Crippen LogP contribution is -2.28. The second-order valence-corrected chi connectivity index (χ2v) is 4.68. The summed E-state index contributed by atoms with van der Waals surface area (Å²) in [5.41, 5.74) is 0.284. The minimum absolute atomic E-state index is 0.0118. The Morgan fingerprint density at radius 3 is 2.50 bits per heavy atom. The van der Waals surface area contributed by atoms with Gasteiger partial charge in [-0.3, -0.25) is 9.59 Å². The van der Waals surface area contributed by atoms with E-state index in [9.17, 15) is 18.4 Å². The van der Waals surface area contributed by atoms with Gasteiger partial charge in [-0.1, -0.05) is 6.92 Å². The molecule has 1 saturated heterocycles. The van der Waals surface area contributed by atoms with E-state index in [-0.39, 0.29) is 12.1 Å². The van der Waals surface area contributed by atoms with Crippen LogP contribution in [0.5, 0.6) is 0 Å². The molecule has 1 amide bonds. The van der Waals surface area contributed by atoms with E-state index in [1.807, 2.05) is 0 Å². The standard InChI is InChI=1S/C14H15F2NO3/c1-3-7-4-9(15)11(10(16)5-7)8-6-17-13(18)12(8)14(19)20-2/h4-5,8,12H,3,6H2,1-2H3,(H,17,18). The molecule has 1 fully saturated rings. The molecular formula is C14H15F2NO3. The van der Waals surface area contributed by atoms with E-state index < -0.39 is 35.3 Å². The number of carbonyl (C=O) groups is 2. The predicted octanol–water partition coefficient (Wildman–Crippen LogP) is 1.53. The van der Waals surface area contributed by atoms with Crippen molar-refractivity contribution in [1.29, 1.82) is 0 Å². The van der Waals surface area contributed by atoms with Crippen LogP contribution in [0.4, 0.5) is 8.78 Å². The highest BCUT2D eigenvalue weighted by Gasteiger charge is 2.44. The molecule has 6 heteroatoms. The number of methoxy groups -OCH3 is 1. The SMILES string of the molecule is CCc1cc(F)c(C2CNC(=O)C2C(=O)OC)c(F)c1. The minimum Gasteiger partial charge on any atom is -0.468 e. The van der Waals surface area contributed by atoms with E-state index in [1.165, 1.54) is 12.1 Å². The summed E-state index contributed by atoms with van der Waals surface area (Å²) in [6.07, 6.45) is 0.496. The Morgan fingerprint density at radius 2 is 2.00 bits per heavy atom. The number of hydrogen-bond donors (Lipinski definition) is 1. The number of nitrogens with one attached hydrogen (secondary N) is 1. The maximum absolute atomic E-state index is 14.1. The van der Waals surface area contributed by atoms with Gasteiger partial charge in [0.05, 0.1) is 7.11 Å². The zero-order valence-corrected chi connectivity index (χ0v) is 11.2. The van der Waals surface area contributed by atoms with E-state index in [1.54, 1.807) is 6.92 Å². The number of carbonyl (C=O) groups excluding carboxylic acids is 2. The summed E-state index contributed by atoms with van der Waals surface area (Å²) >= 11 is 0. The molecular weight excluding hydrogens is 268 g/mol. The lowest BCUT2D eigenvalue weighted by molar-refractivity contribution is -0.149. The van der Waals surface area contributed by atoms with Crippen molar-refractivity contribution in [2.75, 3.05) is 13.7 Å². The first-order valence-electron chi connectivity index (χ1n) is 6.33. The van der Waals surface area contributed by atoms with Gasteiger partial charge in [0.15, 0.2) is 0 Å². The van der Waals surface area contributed by atoms with Crippen LogP contribution in [0.3, 0.4) is 0 Å². The molecule has 1 aromatic carbocycles. The Balaban J connectivity index is 2.45. The molecule has 0 aliphatic carbocycles. The van der Waals surface area contributed by atoms with Crippen LogP contribution in [0.1, 0.15) is 24.0 Å². The van der Waals surface area contributed by atoms with Crippen LogP contribution in [0.2, 0.25) is 0 Å². The van der Waals surface area contributed by atoms with Crippen molar-refractivity contribution >= 4 is 11.9 Å². The summed E-state index contributed by atoms with van der Waals surface area (Å²) in [4.78, 5) is 23.3. The maximum atomic E-state index is 14.1. The molecule has 0 saturated carbocycles. The fourth-order valence-corrected chi connectivity index (χ4v) is 2.48. The van der Waals surface area contributed by atoms with Gasteiger partial charge in [0, 0.05) is 18.0 Å². The quantitative estimate of drug-likeness (QED) is 0.676. The molecule has 0 radical (unpaired) electrons. The maximum Gasteiger partial charge on any atom is 0.318 e. The highest BCUT2D eigenvalue weighted by atomic mass is 19.1. The number of halogens is 2. The third-order valence-corrected chi connectivity index (χ3v) is 3.55. The molecule has 108 valence electrons. The molecule has 1 aliphatic heterocycles. The largest absolute Gasteiger partial charge is 0.468 e. The third kappa shape index (κ3) is 2.37. The zero-order valence-electron chi connectivity index (χ0n) is 11.2. The Bertz CT molecular complexity index is 536. The molecule has 0 spiro atoms. The fraction of sp³-hybridized carbons (Fsp3) is 0.429. The molecule has 20 heavy (non-hydrogen) atoms. The lowest BCUT2D eigenvalue weighted by Gasteiger charge is -2.17. The molecule has 0 aromatic heterocycles. The van der Waals surface area contributed by atoms with Crippen molar-refractivity contribution in [1.82, 2.24) is 5.32 Å². The van der Waals surface area contributed by atoms with Crippen molar-refractivity contribution in [3.8, 4) is 0 Å². The van der Waals surface area contributed by atoms with Crippen LogP contribution < -0.4 is 5.32 Å². The molecule has 1 N–H and O–H groups in total. The molecule has 4 nitrogen and oxygen atoms in total. The van der Waals surface area contributed by atoms with Gasteiger partial charge in [0.2, 0.25) is 5.91 Å². The first-order valence-corrected chi connectivity index (χ1v) is 6.33. The second kappa shape index (κ2) is 5.56. The smallest absolute Gasteiger partial charge is 0.318 e. The summed E-state index contributed by atoms with van der Waals surface area (Å²) < 4.78 is 32.7. The Labute approximate surface area is 115 Å². The topological polar surface area (TPSA) is 55.4 Å². The number of aryl methyl sites for hydroxylation is 1. The Hall–Kier alpha value is -1.98. The monoisotopic (exact) mass is 283 g/mol. The first kappa shape index (κ1) is 14.4. The van der Waals surface area contributed by atoms with Gasteiger partial charge in [-0.15, -0.1) is 0 Å². The van der Waals surface area contributed by atoms with Gasteiger partial charge in [-0.25, -0.2) is 8.78 Å². The van der Waals surface area contributed by atoms with Crippen LogP contribution >= 0.6 is 0 Å². The highest BCUT2D eigenvalue weighted by molar-refractivity contribution is 6.00. The molecule has 1 heterocycles. The normalized spacial score (nSPS) is 21.7. The summed E-state index contributed by atoms with van der Waals surface area (Å²) in [6, 6.07) is 2.46. The van der Waals surface area contributed by atoms with Crippen molar-refractivity contribution in [2.45, 2.75) is 19.3 Å². The van der Waals surface area contributed by atoms with E-state index >= 15 is 0 Å². The summed E-state index contributed by atoms with van der Waals surface area (Å²) in [7, 11) is 1.14. The summed E-state index contributed by atoms with van der Waals surface area (Å²) in [5.74, 6) is -4.93. The molecule has 1 aromatic rings. The molecule has 0 bridgehead atoms. The van der Waals surface area contributed by atoms with Crippen molar-refractivity contribution in [3.63, 3.8) is 0 Å². The zero-order chi connectivity index (χ0) is 14.9. The average Bonchev–Trinajstić information content (AvgIpc) is 2.78. The van der Waals surface area contributed by atoms with E-state index in [4.69, 9.17) is 0 Å². The molecule has 2 unspecified atom stereocenters. The molecule has 2 atom stereocenters. The predicted molar refractivity (Wildman–Crippen MR) is 67.0 cm³/mol. The third-order valence-electron chi connectivity index (χ3n) is 3.55. The van der Waals surface area contributed by atoms with E-state index in [0.717, 1.165) is 7.11 Å². The molecule has 2 rings (SSSR count). The van der Waals surface area contributed by atoms with Gasteiger partial charge in [-0.2, -0.15) is 0 Å². The second-order valence-electron chi connectivity index (χ2n) is 4.68. The molecule has 1 aliphatic rings. The average molecular weight is 283 g/mol. The lowest BCUT2D eigenvalue weighted by atomic mass is 9.87. The van der Waals surface area contributed by atoms with E-state index in [0.29, 0.717) is 12.0 Å². The summed E-state index contributed by atoms with van der Waals surface area (Å²) in [6.45, 7) is 1.80. The number of rotatable bonds is 3. The van der Waals surface area contributed by atoms with Gasteiger partial charge in [0.1, 0.15) is 17.6 Å². The van der Waals surface area contributed by atoms with Crippen molar-refractivity contribution in [3.05, 3.63) is 34.9 Å². The Morgan fingerprint density at radius 1 is 1.40 bits per heavy atom. The van der Waals surface area contributed by atoms with Crippen molar-refractivity contribution in [2.24, 2.45) is 5.92 Å². The van der Waals surface area contributed by atoms with Crippen LogP contribution in [-0.4, -0.2) is 25.5 Å². The Kier molecular flexibility index (Phi) is 4.01. The van der Waals surface area contributed by atoms with Crippen LogP contribution in [0, 0.1) is 17.6 Å². The highest BCUT2D eigenvalue weighted by Crippen LogP contribution is 2.33. The summed E-state index contributed by atoms with van der Waals surface area (Å²) in [5, 5.41) is 2.44. The van der Waals surface area contributed by atoms with Gasteiger partial charge < -0.3 is 10.1 Å². The van der Waals surface area contributed by atoms with Crippen LogP contribution in [0.25, 0.3) is 0 Å². The van der Waals surface area contributed by atoms with Crippen molar-refractivity contribution < 1.29 is 23.1 Å². The first-order chi connectivity index (χ1) is 9.49. The fourth-order valence-electron chi connectivity index (χ4n) is 2.48. The number of amides is 1. The van der Waals surface area contributed by atoms with Crippen LogP contribution in [-0.2, 0) is 20.7 Å². The number of ether oxygens (including phenoxy) is 1.